The van der Waals surface area contributed by atoms with Gasteiger partial charge in [-0.15, -0.1) is 0 Å². The summed E-state index contributed by atoms with van der Waals surface area (Å²) in [4.78, 5) is 0. The van der Waals surface area contributed by atoms with Gasteiger partial charge in [-0.25, -0.2) is 0 Å². The van der Waals surface area contributed by atoms with Crippen molar-refractivity contribution in [2.45, 2.75) is 5.51 Å². The van der Waals surface area contributed by atoms with Crippen LogP contribution >= 0.6 is 8.16 Å². The van der Waals surface area contributed by atoms with Crippen LogP contribution in [-0.2, 0) is 10.1 Å². The average molecular weight is 284 g/mol. The Morgan fingerprint density at radius 3 is 1.00 bits per heavy atom. The van der Waals surface area contributed by atoms with Crippen LogP contribution in [0.25, 0.3) is 0 Å². The second-order valence-corrected chi connectivity index (χ2v) is 4.25. The van der Waals surface area contributed by atoms with E-state index in [1.807, 2.05) is 0 Å². The fourth-order valence-corrected chi connectivity index (χ4v) is 0. The van der Waals surface area contributed by atoms with Gasteiger partial charge in [-0.1, -0.05) is 0 Å². The van der Waals surface area contributed by atoms with Crippen molar-refractivity contribution >= 4 is 37.1 Å². The number of rotatable bonds is 0. The van der Waals surface area contributed by atoms with E-state index >= 15 is 0 Å². The third-order valence-corrected chi connectivity index (χ3v) is 0.877. The second-order valence-electron chi connectivity index (χ2n) is 1.56. The molecule has 0 amide bonds. The van der Waals surface area contributed by atoms with Crippen molar-refractivity contribution in [3.05, 3.63) is 0 Å². The molecule has 1 N–H and O–H groups in total. The molecule has 0 unspecified atom stereocenters. The first-order chi connectivity index (χ1) is 5.49. The van der Waals surface area contributed by atoms with E-state index in [9.17, 15) is 34.2 Å². The molecule has 0 aromatic rings. The van der Waals surface area contributed by atoms with E-state index in [-0.39, 0.29) is 18.9 Å². The molecule has 0 radical (unpaired) electrons. The van der Waals surface area contributed by atoms with Crippen LogP contribution in [0.4, 0.5) is 34.2 Å². The summed E-state index contributed by atoms with van der Waals surface area (Å²) in [6, 6.07) is 0. The molecule has 92 valence electrons. The van der Waals surface area contributed by atoms with Crippen LogP contribution in [0.3, 0.4) is 0 Å². The standard InChI is InChI=1S/CHF3O3S.F5P.Li.H/c2-1(3,4)8(5,6)7;1-6(2,3,4)5;;/h(H,5,6,7);;;. The summed E-state index contributed by atoms with van der Waals surface area (Å²) in [6.45, 7) is 0. The average Bonchev–Trinajstić information content (AvgIpc) is 1.47. The quantitative estimate of drug-likeness (QED) is 0.244. The van der Waals surface area contributed by atoms with E-state index in [4.69, 9.17) is 13.0 Å². The first-order valence-electron chi connectivity index (χ1n) is 2.13. The van der Waals surface area contributed by atoms with Gasteiger partial charge in [0.2, 0.25) is 0 Å². The van der Waals surface area contributed by atoms with E-state index in [2.05, 4.69) is 0 Å². The molecule has 0 aliphatic heterocycles. The van der Waals surface area contributed by atoms with Crippen LogP contribution < -0.4 is 0 Å². The van der Waals surface area contributed by atoms with Gasteiger partial charge < -0.3 is 0 Å². The molecule has 0 aliphatic carbocycles. The molecule has 0 aliphatic rings. The van der Waals surface area contributed by atoms with Gasteiger partial charge >= 0.3 is 63.6 Å². The Hall–Kier alpha value is 0.377. The van der Waals surface area contributed by atoms with Crippen molar-refractivity contribution in [3.63, 3.8) is 0 Å². The zero-order valence-corrected chi connectivity index (χ0v) is 7.35. The summed E-state index contributed by atoms with van der Waals surface area (Å²) >= 11 is 0. The third-order valence-electron chi connectivity index (χ3n) is 0.292. The van der Waals surface area contributed by atoms with Gasteiger partial charge in [0, 0.05) is 0 Å². The fraction of sp³-hybridized carbons (Fsp3) is 1.00. The van der Waals surface area contributed by atoms with Crippen LogP contribution in [0.5, 0.6) is 0 Å². The van der Waals surface area contributed by atoms with Gasteiger partial charge in [0.15, 0.2) is 0 Å². The van der Waals surface area contributed by atoms with Gasteiger partial charge in [-0.3, -0.25) is 4.55 Å². The molecule has 3 nitrogen and oxygen atoms in total. The Morgan fingerprint density at radius 1 is 0.933 bits per heavy atom. The summed E-state index contributed by atoms with van der Waals surface area (Å²) in [7, 11) is -14.4. The minimum absolute atomic E-state index is 0. The van der Waals surface area contributed by atoms with E-state index in [1.54, 1.807) is 0 Å². The first kappa shape index (κ1) is 20.7. The van der Waals surface area contributed by atoms with Crippen molar-refractivity contribution in [2.24, 2.45) is 0 Å². The van der Waals surface area contributed by atoms with Gasteiger partial charge in [0.1, 0.15) is 0 Å². The van der Waals surface area contributed by atoms with Crippen LogP contribution in [0.15, 0.2) is 0 Å². The number of alkyl halides is 3. The summed E-state index contributed by atoms with van der Waals surface area (Å²) < 4.78 is 107. The molecule has 0 saturated carbocycles. The van der Waals surface area contributed by atoms with Crippen LogP contribution in [0, 0.1) is 0 Å². The number of hydrogen-bond acceptors (Lipinski definition) is 2. The first-order valence-corrected chi connectivity index (χ1v) is 5.26. The second kappa shape index (κ2) is 5.14. The van der Waals surface area contributed by atoms with Crippen LogP contribution in [0.2, 0.25) is 0 Å². The monoisotopic (exact) mass is 284 g/mol. The maximum atomic E-state index is 10.7. The van der Waals surface area contributed by atoms with Crippen molar-refractivity contribution in [1.29, 1.82) is 0 Å². The van der Waals surface area contributed by atoms with Crippen molar-refractivity contribution in [3.8, 4) is 0 Å². The molecule has 0 spiro atoms. The summed E-state index contributed by atoms with van der Waals surface area (Å²) in [5.74, 6) is 0. The summed E-state index contributed by atoms with van der Waals surface area (Å²) in [6.07, 6.45) is 0. The SMILES string of the molecule is FP(F)(F)(F)F.O=S(=O)(O)C(F)(F)F.[LiH]. The summed E-state index contributed by atoms with van der Waals surface area (Å²) in [5, 5.41) is 0. The zero-order chi connectivity index (χ0) is 12.4. The van der Waals surface area contributed by atoms with E-state index in [1.165, 1.54) is 0 Å². The predicted octanol–water partition coefficient (Wildman–Crippen LogP) is 2.71. The molecule has 0 saturated heterocycles. The molecule has 0 rings (SSSR count). The zero-order valence-electron chi connectivity index (χ0n) is 5.64. The minimum atomic E-state index is -8.55. The molecule has 0 aromatic carbocycles. The van der Waals surface area contributed by atoms with E-state index < -0.39 is 23.8 Å². The fourth-order valence-electron chi connectivity index (χ4n) is 0. The molecule has 15 heavy (non-hydrogen) atoms. The molecule has 14 heteroatoms. The summed E-state index contributed by atoms with van der Waals surface area (Å²) in [5.41, 5.74) is -5.53. The predicted molar refractivity (Wildman–Crippen MR) is 37.2 cm³/mol. The van der Waals surface area contributed by atoms with Gasteiger partial charge in [-0.2, -0.15) is 21.6 Å². The number of halogens is 8. The normalized spacial score (nSPS) is 15.1. The topological polar surface area (TPSA) is 54.4 Å². The Balaban J connectivity index is -0.000000187. The molecule has 0 aromatic heterocycles. The number of hydrogen-bond donors (Lipinski definition) is 1. The van der Waals surface area contributed by atoms with E-state index in [0.717, 1.165) is 0 Å². The Morgan fingerprint density at radius 2 is 1.00 bits per heavy atom. The molecule has 0 atom stereocenters. The maximum absolute atomic E-state index is 10.7. The van der Waals surface area contributed by atoms with Gasteiger partial charge in [0.25, 0.3) is 0 Å². The Bertz CT molecular complexity index is 268. The molecule has 0 heterocycles. The molecular formula is CH2F8LiO3PS. The molecule has 0 bridgehead atoms. The van der Waals surface area contributed by atoms with E-state index in [0.29, 0.717) is 0 Å². The van der Waals surface area contributed by atoms with Crippen LogP contribution in [-0.4, -0.2) is 37.3 Å². The van der Waals surface area contributed by atoms with Crippen molar-refractivity contribution in [2.75, 3.05) is 0 Å². The third kappa shape index (κ3) is 25.0. The van der Waals surface area contributed by atoms with Crippen molar-refractivity contribution < 1.29 is 47.1 Å². The molecule has 0 fully saturated rings. The van der Waals surface area contributed by atoms with Crippen LogP contribution in [0.1, 0.15) is 0 Å². The Labute approximate surface area is 90.3 Å². The van der Waals surface area contributed by atoms with Crippen molar-refractivity contribution in [1.82, 2.24) is 0 Å². The van der Waals surface area contributed by atoms with Gasteiger partial charge in [-0.05, 0) is 0 Å². The molecular weight excluding hydrogens is 282 g/mol. The Kier molecular flexibility index (Phi) is 7.11. The van der Waals surface area contributed by atoms with Gasteiger partial charge in [0.05, 0.1) is 0 Å².